The molecule has 0 heterocycles. The van der Waals surface area contributed by atoms with Crippen molar-refractivity contribution >= 4 is 11.7 Å². The zero-order valence-electron chi connectivity index (χ0n) is 6.89. The minimum absolute atomic E-state index is 0.110. The van der Waals surface area contributed by atoms with Crippen LogP contribution in [0.25, 0.3) is 0 Å². The molecule has 1 aromatic rings. The van der Waals surface area contributed by atoms with Crippen LogP contribution in [-0.2, 0) is 4.79 Å². The van der Waals surface area contributed by atoms with Crippen LogP contribution in [0.2, 0.25) is 0 Å². The molecule has 5 heteroatoms. The number of carbonyl (C=O) groups is 1. The van der Waals surface area contributed by atoms with Gasteiger partial charge in [0.25, 0.3) is 0 Å². The fourth-order valence-corrected chi connectivity index (χ4v) is 0.883. The first kappa shape index (κ1) is 9.83. The molecule has 14 heavy (non-hydrogen) atoms. The molecule has 3 N–H and O–H groups in total. The largest absolute Gasteiger partial charge is 0.504 e. The van der Waals surface area contributed by atoms with E-state index in [0.29, 0.717) is 6.08 Å². The minimum Gasteiger partial charge on any atom is -0.504 e. The highest BCUT2D eigenvalue weighted by Crippen LogP contribution is 2.35. The van der Waals surface area contributed by atoms with E-state index < -0.39 is 23.0 Å². The van der Waals surface area contributed by atoms with Gasteiger partial charge in [-0.3, -0.25) is 4.79 Å². The van der Waals surface area contributed by atoms with Crippen molar-refractivity contribution in [1.82, 2.24) is 0 Å². The van der Waals surface area contributed by atoms with E-state index in [2.05, 4.69) is 0 Å². The number of allylic oxidation sites excluding steroid dienone is 1. The fraction of sp³-hybridized carbons (Fsp3) is 0. The molecule has 0 saturated heterocycles. The van der Waals surface area contributed by atoms with Crippen molar-refractivity contribution in [1.29, 1.82) is 0 Å². The van der Waals surface area contributed by atoms with Gasteiger partial charge in [0.15, 0.2) is 23.0 Å². The van der Waals surface area contributed by atoms with Gasteiger partial charge >= 0.3 is 0 Å². The Hall–Kier alpha value is -2.26. The molecule has 0 aliphatic rings. The molecule has 0 saturated carbocycles. The lowest BCUT2D eigenvalue weighted by Gasteiger charge is -2.02. The summed E-state index contributed by atoms with van der Waals surface area (Å²) in [6, 6.07) is 1.87. The average Bonchev–Trinajstić information content (AvgIpc) is 2.13. The number of benzene rings is 1. The number of phenols is 3. The maximum absolute atomic E-state index is 11.0. The Morgan fingerprint density at radius 1 is 1.21 bits per heavy atom. The number of aromatic hydroxyl groups is 3. The SMILES string of the molecule is O=C=CC(=O)c1cc(O)c(O)c(O)c1. The van der Waals surface area contributed by atoms with E-state index in [9.17, 15) is 9.59 Å². The summed E-state index contributed by atoms with van der Waals surface area (Å²) in [4.78, 5) is 20.9. The maximum atomic E-state index is 11.0. The van der Waals surface area contributed by atoms with Crippen LogP contribution >= 0.6 is 0 Å². The van der Waals surface area contributed by atoms with Gasteiger partial charge in [-0.25, -0.2) is 4.79 Å². The van der Waals surface area contributed by atoms with Gasteiger partial charge in [0.1, 0.15) is 5.94 Å². The van der Waals surface area contributed by atoms with Gasteiger partial charge in [-0.15, -0.1) is 0 Å². The molecule has 0 aliphatic carbocycles. The molecule has 0 radical (unpaired) electrons. The number of ketones is 1. The molecule has 1 rings (SSSR count). The van der Waals surface area contributed by atoms with Gasteiger partial charge < -0.3 is 15.3 Å². The standard InChI is InChI=1S/C9H6O5/c10-2-1-6(11)5-3-7(12)9(14)8(13)4-5/h1,3-4,12-14H. The predicted molar refractivity (Wildman–Crippen MR) is 46.0 cm³/mol. The van der Waals surface area contributed by atoms with Crippen molar-refractivity contribution in [2.75, 3.05) is 0 Å². The highest BCUT2D eigenvalue weighted by atomic mass is 16.3. The highest BCUT2D eigenvalue weighted by molar-refractivity contribution is 6.09. The number of rotatable bonds is 2. The normalized spacial score (nSPS) is 9.14. The number of hydrogen-bond acceptors (Lipinski definition) is 5. The summed E-state index contributed by atoms with van der Waals surface area (Å²) >= 11 is 0. The third-order valence-electron chi connectivity index (χ3n) is 1.54. The molecule has 1 aromatic carbocycles. The summed E-state index contributed by atoms with van der Waals surface area (Å²) in [5.74, 6) is -1.42. The van der Waals surface area contributed by atoms with Crippen molar-refractivity contribution in [2.45, 2.75) is 0 Å². The van der Waals surface area contributed by atoms with Crippen LogP contribution < -0.4 is 0 Å². The molecule has 0 amide bonds. The molecular weight excluding hydrogens is 188 g/mol. The van der Waals surface area contributed by atoms with Gasteiger partial charge in [-0.2, -0.15) is 0 Å². The third kappa shape index (κ3) is 1.73. The van der Waals surface area contributed by atoms with E-state index in [1.165, 1.54) is 5.94 Å². The highest BCUT2D eigenvalue weighted by Gasteiger charge is 2.11. The van der Waals surface area contributed by atoms with Crippen LogP contribution in [0, 0.1) is 0 Å². The molecule has 0 spiro atoms. The summed E-state index contributed by atoms with van der Waals surface area (Å²) < 4.78 is 0. The molecule has 0 aromatic heterocycles. The Labute approximate surface area is 78.5 Å². The molecule has 0 atom stereocenters. The van der Waals surface area contributed by atoms with Crippen LogP contribution in [0.1, 0.15) is 10.4 Å². The lowest BCUT2D eigenvalue weighted by atomic mass is 10.1. The van der Waals surface area contributed by atoms with Crippen LogP contribution in [0.15, 0.2) is 18.2 Å². The van der Waals surface area contributed by atoms with E-state index in [0.717, 1.165) is 12.1 Å². The summed E-state index contributed by atoms with van der Waals surface area (Å²) in [6.07, 6.45) is 0.616. The van der Waals surface area contributed by atoms with Crippen LogP contribution in [0.3, 0.4) is 0 Å². The first-order valence-electron chi connectivity index (χ1n) is 3.56. The number of carbonyl (C=O) groups excluding carboxylic acids is 2. The van der Waals surface area contributed by atoms with Gasteiger partial charge in [0.05, 0.1) is 6.08 Å². The Bertz CT molecular complexity index is 406. The Morgan fingerprint density at radius 3 is 2.14 bits per heavy atom. The Balaban J connectivity index is 3.25. The molecular formula is C9H6O5. The molecule has 5 nitrogen and oxygen atoms in total. The van der Waals surface area contributed by atoms with Crippen molar-refractivity contribution in [3.05, 3.63) is 23.8 Å². The fourth-order valence-electron chi connectivity index (χ4n) is 0.883. The van der Waals surface area contributed by atoms with Crippen LogP contribution in [-0.4, -0.2) is 27.0 Å². The Morgan fingerprint density at radius 2 is 1.71 bits per heavy atom. The zero-order valence-corrected chi connectivity index (χ0v) is 6.89. The first-order valence-corrected chi connectivity index (χ1v) is 3.56. The summed E-state index contributed by atoms with van der Waals surface area (Å²) in [6.45, 7) is 0. The van der Waals surface area contributed by atoms with Crippen molar-refractivity contribution in [3.8, 4) is 17.2 Å². The van der Waals surface area contributed by atoms with Crippen LogP contribution in [0.5, 0.6) is 17.2 Å². The minimum atomic E-state index is -0.717. The smallest absolute Gasteiger partial charge is 0.200 e. The maximum Gasteiger partial charge on any atom is 0.200 e. The van der Waals surface area contributed by atoms with E-state index in [4.69, 9.17) is 15.3 Å². The van der Waals surface area contributed by atoms with Crippen molar-refractivity contribution < 1.29 is 24.9 Å². The molecule has 0 fully saturated rings. The summed E-state index contributed by atoms with van der Waals surface area (Å²) in [7, 11) is 0. The zero-order chi connectivity index (χ0) is 10.7. The van der Waals surface area contributed by atoms with Gasteiger partial charge in [-0.05, 0) is 12.1 Å². The Kier molecular flexibility index (Phi) is 2.55. The summed E-state index contributed by atoms with van der Waals surface area (Å²) in [5, 5.41) is 27.0. The molecule has 0 bridgehead atoms. The van der Waals surface area contributed by atoms with Crippen molar-refractivity contribution in [3.63, 3.8) is 0 Å². The topological polar surface area (TPSA) is 94.8 Å². The van der Waals surface area contributed by atoms with Crippen molar-refractivity contribution in [2.24, 2.45) is 0 Å². The third-order valence-corrected chi connectivity index (χ3v) is 1.54. The quantitative estimate of drug-likeness (QED) is 0.273. The molecule has 0 unspecified atom stereocenters. The monoisotopic (exact) mass is 194 g/mol. The second-order valence-corrected chi connectivity index (χ2v) is 2.49. The second-order valence-electron chi connectivity index (χ2n) is 2.49. The van der Waals surface area contributed by atoms with E-state index in [1.807, 2.05) is 0 Å². The van der Waals surface area contributed by atoms with Gasteiger partial charge in [-0.1, -0.05) is 0 Å². The lowest BCUT2D eigenvalue weighted by Crippen LogP contribution is -1.94. The van der Waals surface area contributed by atoms with Gasteiger partial charge in [0.2, 0.25) is 0 Å². The summed E-state index contributed by atoms with van der Waals surface area (Å²) in [5.41, 5.74) is -0.110. The average molecular weight is 194 g/mol. The molecule has 72 valence electrons. The number of phenolic OH excluding ortho intramolecular Hbond substituents is 3. The lowest BCUT2D eigenvalue weighted by molar-refractivity contribution is 0.104. The van der Waals surface area contributed by atoms with E-state index in [1.54, 1.807) is 0 Å². The van der Waals surface area contributed by atoms with Gasteiger partial charge in [0, 0.05) is 5.56 Å². The number of hydrogen-bond donors (Lipinski definition) is 3. The predicted octanol–water partition coefficient (Wildman–Crippen LogP) is 0.374. The van der Waals surface area contributed by atoms with E-state index >= 15 is 0 Å². The van der Waals surface area contributed by atoms with Crippen LogP contribution in [0.4, 0.5) is 0 Å². The van der Waals surface area contributed by atoms with E-state index in [-0.39, 0.29) is 5.56 Å². The second kappa shape index (κ2) is 3.64. The first-order chi connectivity index (χ1) is 6.56. The molecule has 0 aliphatic heterocycles.